The number of aliphatic hydroxyl groups is 1. The fraction of sp³-hybridized carbons (Fsp3) is 0.551. The SMILES string of the molecule is CC/C=C\C/C=C\C/C=C\C/C=C\C/C=C\CCCC(=O)OCC(COP(=O)(O)OCC(O)COP(=O)(O)OCC(COC(=O)CCCCCC/C=C\C/C=C\C/C=C\C/C=C\CC)OC(=O)CCCCCC/C=C\C/C=C\C/C=C\C/C=C\CC)OC(=O)CCC/C=C\C/C=C\C/C=C\C/C=C\C/C=C\CC. The summed E-state index contributed by atoms with van der Waals surface area (Å²) >= 11 is 0. The van der Waals surface area contributed by atoms with Gasteiger partial charge in [0.25, 0.3) is 0 Å². The lowest BCUT2D eigenvalue weighted by molar-refractivity contribution is -0.161. The fourth-order valence-corrected chi connectivity index (χ4v) is 11.1. The number of ether oxygens (including phenoxy) is 4. The van der Waals surface area contributed by atoms with E-state index in [-0.39, 0.29) is 25.7 Å². The highest BCUT2D eigenvalue weighted by atomic mass is 31.2. The molecule has 0 aromatic rings. The smallest absolute Gasteiger partial charge is 0.462 e. The number of hydrogen-bond donors (Lipinski definition) is 3. The van der Waals surface area contributed by atoms with Crippen molar-refractivity contribution in [3.8, 4) is 0 Å². The molecule has 0 heterocycles. The minimum atomic E-state index is -5.02. The highest BCUT2D eigenvalue weighted by Crippen LogP contribution is 2.45. The third kappa shape index (κ3) is 77.5. The molecule has 17 nitrogen and oxygen atoms in total. The number of aliphatic hydroxyl groups excluding tert-OH is 1. The van der Waals surface area contributed by atoms with Gasteiger partial charge >= 0.3 is 39.5 Å². The van der Waals surface area contributed by atoms with E-state index in [4.69, 9.17) is 37.0 Å². The first-order valence-electron chi connectivity index (χ1n) is 40.0. The number of rotatable bonds is 72. The Kier molecular flexibility index (Phi) is 73.7. The zero-order chi connectivity index (χ0) is 78.9. The van der Waals surface area contributed by atoms with E-state index in [1.807, 2.05) is 24.3 Å². The van der Waals surface area contributed by atoms with Crippen LogP contribution in [0.3, 0.4) is 0 Å². The summed E-state index contributed by atoms with van der Waals surface area (Å²) in [6, 6.07) is 0. The van der Waals surface area contributed by atoms with E-state index in [0.29, 0.717) is 38.5 Å². The topological polar surface area (TPSA) is 237 Å². The van der Waals surface area contributed by atoms with Crippen molar-refractivity contribution in [2.75, 3.05) is 39.6 Å². The predicted octanol–water partition coefficient (Wildman–Crippen LogP) is 23.7. The highest BCUT2D eigenvalue weighted by molar-refractivity contribution is 7.47. The molecule has 606 valence electrons. The van der Waals surface area contributed by atoms with Crippen LogP contribution in [-0.2, 0) is 65.4 Å². The van der Waals surface area contributed by atoms with Crippen LogP contribution in [0.5, 0.6) is 0 Å². The van der Waals surface area contributed by atoms with Gasteiger partial charge in [0.2, 0.25) is 0 Å². The van der Waals surface area contributed by atoms with Crippen molar-refractivity contribution in [2.45, 2.75) is 277 Å². The van der Waals surface area contributed by atoms with Gasteiger partial charge in [-0.3, -0.25) is 37.3 Å². The van der Waals surface area contributed by atoms with Crippen molar-refractivity contribution in [3.05, 3.63) is 219 Å². The van der Waals surface area contributed by atoms with E-state index < -0.39 is 97.5 Å². The fourth-order valence-electron chi connectivity index (χ4n) is 9.51. The summed E-state index contributed by atoms with van der Waals surface area (Å²) in [6.45, 7) is 4.19. The number of esters is 4. The zero-order valence-electron chi connectivity index (χ0n) is 66.2. The molecule has 0 amide bonds. The monoisotopic (exact) mass is 1540 g/mol. The summed E-state index contributed by atoms with van der Waals surface area (Å²) in [6.07, 6.45) is 99.3. The van der Waals surface area contributed by atoms with E-state index in [1.54, 1.807) is 0 Å². The van der Waals surface area contributed by atoms with E-state index in [0.717, 1.165) is 167 Å². The van der Waals surface area contributed by atoms with Gasteiger partial charge < -0.3 is 33.8 Å². The summed E-state index contributed by atoms with van der Waals surface area (Å²) in [4.78, 5) is 73.1. The van der Waals surface area contributed by atoms with E-state index >= 15 is 0 Å². The lowest BCUT2D eigenvalue weighted by atomic mass is 10.1. The number of phosphoric acid groups is 2. The molecular weight excluding hydrogens is 1400 g/mol. The molecule has 0 spiro atoms. The lowest BCUT2D eigenvalue weighted by Gasteiger charge is -2.21. The molecule has 0 aliphatic rings. The van der Waals surface area contributed by atoms with Gasteiger partial charge in [-0.15, -0.1) is 0 Å². The first-order chi connectivity index (χ1) is 52.7. The van der Waals surface area contributed by atoms with Crippen LogP contribution in [0, 0.1) is 0 Å². The molecule has 0 aliphatic heterocycles. The number of carbonyl (C=O) groups excluding carboxylic acids is 4. The van der Waals surface area contributed by atoms with Crippen molar-refractivity contribution in [1.29, 1.82) is 0 Å². The maximum Gasteiger partial charge on any atom is 0.472 e. The zero-order valence-corrected chi connectivity index (χ0v) is 68.0. The van der Waals surface area contributed by atoms with E-state index in [9.17, 15) is 43.2 Å². The Hall–Kier alpha value is -6.62. The van der Waals surface area contributed by atoms with E-state index in [1.165, 1.54) is 0 Å². The molecule has 3 N–H and O–H groups in total. The largest absolute Gasteiger partial charge is 0.472 e. The van der Waals surface area contributed by atoms with Crippen molar-refractivity contribution in [1.82, 2.24) is 0 Å². The van der Waals surface area contributed by atoms with Crippen LogP contribution in [0.1, 0.15) is 259 Å². The van der Waals surface area contributed by atoms with Gasteiger partial charge in [-0.05, 0) is 180 Å². The molecule has 5 atom stereocenters. The van der Waals surface area contributed by atoms with E-state index in [2.05, 4.69) is 222 Å². The van der Waals surface area contributed by atoms with Crippen LogP contribution >= 0.6 is 15.6 Å². The van der Waals surface area contributed by atoms with Crippen LogP contribution in [0.4, 0.5) is 0 Å². The van der Waals surface area contributed by atoms with Gasteiger partial charge in [0.05, 0.1) is 26.4 Å². The molecule has 0 aromatic heterocycles. The second kappa shape index (κ2) is 78.5. The van der Waals surface area contributed by atoms with Crippen LogP contribution < -0.4 is 0 Å². The highest BCUT2D eigenvalue weighted by Gasteiger charge is 2.30. The lowest BCUT2D eigenvalue weighted by Crippen LogP contribution is -2.30. The minimum Gasteiger partial charge on any atom is -0.462 e. The second-order valence-electron chi connectivity index (χ2n) is 25.5. The third-order valence-corrected chi connectivity index (χ3v) is 17.3. The molecule has 0 saturated heterocycles. The normalized spacial score (nSPS) is 15.0. The predicted molar refractivity (Wildman–Crippen MR) is 445 cm³/mol. The number of carbonyl (C=O) groups is 4. The molecule has 0 bridgehead atoms. The molecule has 19 heteroatoms. The maximum absolute atomic E-state index is 13.1. The number of allylic oxidation sites excluding steroid dienone is 36. The molecule has 0 aliphatic carbocycles. The molecule has 0 fully saturated rings. The Morgan fingerprint density at radius 2 is 0.463 bits per heavy atom. The Bertz CT molecular complexity index is 2910. The van der Waals surface area contributed by atoms with Gasteiger partial charge in [0.15, 0.2) is 12.2 Å². The molecule has 0 radical (unpaired) electrons. The van der Waals surface area contributed by atoms with Crippen LogP contribution in [0.2, 0.25) is 0 Å². The molecular formula is C89H138O17P2. The van der Waals surface area contributed by atoms with Crippen LogP contribution in [0.15, 0.2) is 219 Å². The second-order valence-corrected chi connectivity index (χ2v) is 28.4. The van der Waals surface area contributed by atoms with Crippen molar-refractivity contribution in [3.63, 3.8) is 0 Å². The first kappa shape index (κ1) is 101. The van der Waals surface area contributed by atoms with Crippen LogP contribution in [0.25, 0.3) is 0 Å². The number of phosphoric ester groups is 2. The van der Waals surface area contributed by atoms with Crippen molar-refractivity contribution in [2.24, 2.45) is 0 Å². The summed E-state index contributed by atoms with van der Waals surface area (Å²) in [5, 5.41) is 10.7. The Labute approximate surface area is 651 Å². The standard InChI is InChI=1S/C89H138O17P2/c1-5-9-13-17-21-25-29-33-37-41-45-49-53-57-61-65-69-73-86(91)99-79-84(105-88(93)75-71-67-63-59-55-51-47-43-39-35-31-27-23-19-15-11-7-3)81-103-107(95,96)101-77-83(90)78-102-108(97,98)104-82-85(106-89(94)76-72-68-64-60-56-52-48-44-40-36-32-28-24-20-16-12-8-4)80-100-87(92)74-70-66-62-58-54-50-46-42-38-34-30-26-22-18-14-10-6-2/h9-16,21-28,33-40,45-52,57,59,61,63,83-85,90H,5-8,17-20,29-32,41-44,53-56,58,60,62,64-82H2,1-4H3,(H,95,96)(H,97,98)/b13-9-,14-10-,15-11-,16-12-,25-21-,26-22-,27-23-,28-24-,37-33-,38-34-,39-35-,40-36-,49-45-,50-46-,51-47-,52-48-,61-57-,63-59-. The van der Waals surface area contributed by atoms with Crippen molar-refractivity contribution >= 4 is 39.5 Å². The summed E-state index contributed by atoms with van der Waals surface area (Å²) in [7, 11) is -10.0. The maximum atomic E-state index is 13.1. The minimum absolute atomic E-state index is 0.00651. The Morgan fingerprint density at radius 3 is 0.731 bits per heavy atom. The summed E-state index contributed by atoms with van der Waals surface area (Å²) < 4.78 is 68.5. The van der Waals surface area contributed by atoms with Gasteiger partial charge in [0.1, 0.15) is 19.3 Å². The average Bonchev–Trinajstić information content (AvgIpc) is 0.880. The molecule has 0 saturated carbocycles. The number of hydrogen-bond acceptors (Lipinski definition) is 15. The quantitative estimate of drug-likeness (QED) is 0.0169. The Balaban J connectivity index is 5.56. The van der Waals surface area contributed by atoms with Crippen LogP contribution in [-0.4, -0.2) is 96.7 Å². The number of unbranched alkanes of at least 4 members (excludes halogenated alkanes) is 10. The summed E-state index contributed by atoms with van der Waals surface area (Å²) in [5.41, 5.74) is 0. The molecule has 5 unspecified atom stereocenters. The summed E-state index contributed by atoms with van der Waals surface area (Å²) in [5.74, 6) is -2.39. The van der Waals surface area contributed by atoms with Gasteiger partial charge in [0, 0.05) is 25.7 Å². The molecule has 108 heavy (non-hydrogen) atoms. The first-order valence-corrected chi connectivity index (χ1v) is 43.0. The Morgan fingerprint density at radius 1 is 0.259 bits per heavy atom. The third-order valence-electron chi connectivity index (χ3n) is 15.4. The van der Waals surface area contributed by atoms with Gasteiger partial charge in [-0.2, -0.15) is 0 Å². The average molecular weight is 1540 g/mol. The van der Waals surface area contributed by atoms with Gasteiger partial charge in [-0.1, -0.05) is 272 Å². The molecule has 0 rings (SSSR count). The van der Waals surface area contributed by atoms with Crippen molar-refractivity contribution < 1.29 is 80.2 Å². The molecule has 0 aromatic carbocycles. The van der Waals surface area contributed by atoms with Gasteiger partial charge in [-0.25, -0.2) is 9.13 Å².